The van der Waals surface area contributed by atoms with Crippen molar-refractivity contribution in [3.05, 3.63) is 61.1 Å². The molecule has 0 aliphatic carbocycles. The van der Waals surface area contributed by atoms with Crippen LogP contribution >= 0.6 is 23.5 Å². The van der Waals surface area contributed by atoms with Gasteiger partial charge in [0.2, 0.25) is 0 Å². The highest BCUT2D eigenvalue weighted by Gasteiger charge is 2.27. The number of pyridine rings is 2. The minimum atomic E-state index is 0.479. The SMILES string of the molecule is c1cncc(-c2nnc3n2CC(CSc2ccnc4ccccc24)S3)c1. The van der Waals surface area contributed by atoms with Gasteiger partial charge in [0.15, 0.2) is 11.0 Å². The van der Waals surface area contributed by atoms with E-state index in [1.807, 2.05) is 54.1 Å². The third-order valence-electron chi connectivity index (χ3n) is 4.33. The van der Waals surface area contributed by atoms with Crippen LogP contribution in [0.15, 0.2) is 71.1 Å². The summed E-state index contributed by atoms with van der Waals surface area (Å²) >= 11 is 3.70. The van der Waals surface area contributed by atoms with Crippen molar-refractivity contribution in [2.75, 3.05) is 5.75 Å². The van der Waals surface area contributed by atoms with Gasteiger partial charge in [0.25, 0.3) is 0 Å². The highest BCUT2D eigenvalue weighted by Crippen LogP contribution is 2.37. The summed E-state index contributed by atoms with van der Waals surface area (Å²) < 4.78 is 2.21. The lowest BCUT2D eigenvalue weighted by Gasteiger charge is -2.10. The standard InChI is InChI=1S/C19H15N5S2/c1-2-6-16-15(5-1)17(7-9-21-16)25-12-14-11-24-18(22-23-19(24)26-14)13-4-3-8-20-10-13/h1-10,14H,11-12H2. The fourth-order valence-corrected chi connectivity index (χ4v) is 5.43. The molecule has 4 heterocycles. The van der Waals surface area contributed by atoms with E-state index in [2.05, 4.69) is 49.0 Å². The predicted molar refractivity (Wildman–Crippen MR) is 105 cm³/mol. The largest absolute Gasteiger partial charge is 0.301 e. The molecular formula is C19H15N5S2. The number of rotatable bonds is 4. The summed E-state index contributed by atoms with van der Waals surface area (Å²) in [4.78, 5) is 9.92. The second-order valence-corrected chi connectivity index (χ2v) is 8.36. The molecule has 1 aliphatic heterocycles. The quantitative estimate of drug-likeness (QED) is 0.498. The van der Waals surface area contributed by atoms with Crippen molar-refractivity contribution in [3.63, 3.8) is 0 Å². The number of hydrogen-bond donors (Lipinski definition) is 0. The zero-order valence-corrected chi connectivity index (χ0v) is 15.5. The van der Waals surface area contributed by atoms with Gasteiger partial charge in [-0.2, -0.15) is 0 Å². The van der Waals surface area contributed by atoms with Gasteiger partial charge < -0.3 is 4.57 Å². The second kappa shape index (κ2) is 6.74. The van der Waals surface area contributed by atoms with Gasteiger partial charge in [-0.25, -0.2) is 0 Å². The molecule has 1 aromatic carbocycles. The molecule has 0 fully saturated rings. The average Bonchev–Trinajstić information content (AvgIpc) is 3.27. The van der Waals surface area contributed by atoms with Crippen LogP contribution in [0.2, 0.25) is 0 Å². The molecule has 0 radical (unpaired) electrons. The Morgan fingerprint density at radius 2 is 2.04 bits per heavy atom. The van der Waals surface area contributed by atoms with E-state index >= 15 is 0 Å². The van der Waals surface area contributed by atoms with Crippen LogP contribution in [-0.2, 0) is 6.54 Å². The molecule has 1 aliphatic rings. The fraction of sp³-hybridized carbons (Fsp3) is 0.158. The zero-order chi connectivity index (χ0) is 17.3. The molecule has 0 saturated heterocycles. The summed E-state index contributed by atoms with van der Waals surface area (Å²) in [6.45, 7) is 0.924. The van der Waals surface area contributed by atoms with Crippen LogP contribution in [0.25, 0.3) is 22.3 Å². The summed E-state index contributed by atoms with van der Waals surface area (Å²) in [6, 6.07) is 14.4. The lowest BCUT2D eigenvalue weighted by Crippen LogP contribution is -2.09. The van der Waals surface area contributed by atoms with Crippen molar-refractivity contribution in [1.29, 1.82) is 0 Å². The first-order valence-corrected chi connectivity index (χ1v) is 10.2. The Hall–Kier alpha value is -2.38. The molecule has 7 heteroatoms. The number of thioether (sulfide) groups is 2. The lowest BCUT2D eigenvalue weighted by atomic mass is 10.2. The van der Waals surface area contributed by atoms with Gasteiger partial charge in [0, 0.05) is 52.0 Å². The van der Waals surface area contributed by atoms with Gasteiger partial charge in [0.05, 0.1) is 5.52 Å². The number of para-hydroxylation sites is 1. The van der Waals surface area contributed by atoms with Crippen molar-refractivity contribution in [2.24, 2.45) is 0 Å². The Balaban J connectivity index is 1.33. The van der Waals surface area contributed by atoms with Gasteiger partial charge in [-0.3, -0.25) is 9.97 Å². The molecule has 0 amide bonds. The van der Waals surface area contributed by atoms with Gasteiger partial charge in [-0.1, -0.05) is 30.0 Å². The molecule has 26 heavy (non-hydrogen) atoms. The topological polar surface area (TPSA) is 56.5 Å². The molecule has 1 atom stereocenters. The molecular weight excluding hydrogens is 362 g/mol. The normalized spacial score (nSPS) is 16.1. The van der Waals surface area contributed by atoms with E-state index in [1.165, 1.54) is 10.3 Å². The van der Waals surface area contributed by atoms with Gasteiger partial charge in [0.1, 0.15) is 0 Å². The van der Waals surface area contributed by atoms with Crippen LogP contribution in [0.5, 0.6) is 0 Å². The number of aromatic nitrogens is 5. The highest BCUT2D eigenvalue weighted by atomic mass is 32.2. The van der Waals surface area contributed by atoms with E-state index in [0.29, 0.717) is 5.25 Å². The Bertz CT molecular complexity index is 1060. The minimum absolute atomic E-state index is 0.479. The summed E-state index contributed by atoms with van der Waals surface area (Å²) in [6.07, 6.45) is 5.51. The number of hydrogen-bond acceptors (Lipinski definition) is 6. The third-order valence-corrected chi connectivity index (χ3v) is 6.94. The van der Waals surface area contributed by atoms with Crippen LogP contribution in [0.4, 0.5) is 0 Å². The summed E-state index contributed by atoms with van der Waals surface area (Å²) in [5, 5.41) is 11.4. The molecule has 0 bridgehead atoms. The molecule has 0 spiro atoms. The van der Waals surface area contributed by atoms with Crippen LogP contribution < -0.4 is 0 Å². The molecule has 4 aromatic rings. The average molecular weight is 377 g/mol. The van der Waals surface area contributed by atoms with Gasteiger partial charge >= 0.3 is 0 Å². The van der Waals surface area contributed by atoms with Crippen molar-refractivity contribution in [1.82, 2.24) is 24.7 Å². The summed E-state index contributed by atoms with van der Waals surface area (Å²) in [5.41, 5.74) is 2.06. The second-order valence-electron chi connectivity index (χ2n) is 6.04. The van der Waals surface area contributed by atoms with E-state index in [4.69, 9.17) is 0 Å². The number of benzene rings is 1. The molecule has 5 nitrogen and oxygen atoms in total. The Morgan fingerprint density at radius 1 is 1.08 bits per heavy atom. The van der Waals surface area contributed by atoms with E-state index in [-0.39, 0.29) is 0 Å². The summed E-state index contributed by atoms with van der Waals surface area (Å²) in [7, 11) is 0. The molecule has 0 N–H and O–H groups in total. The molecule has 3 aromatic heterocycles. The maximum Gasteiger partial charge on any atom is 0.191 e. The van der Waals surface area contributed by atoms with Crippen LogP contribution in [0.1, 0.15) is 0 Å². The van der Waals surface area contributed by atoms with Crippen molar-refractivity contribution < 1.29 is 0 Å². The Labute approximate surface area is 159 Å². The Morgan fingerprint density at radius 3 is 2.96 bits per heavy atom. The maximum absolute atomic E-state index is 4.44. The monoisotopic (exact) mass is 377 g/mol. The summed E-state index contributed by atoms with van der Waals surface area (Å²) in [5.74, 6) is 1.93. The number of fused-ring (bicyclic) bond motifs is 2. The number of nitrogens with zero attached hydrogens (tertiary/aromatic N) is 5. The smallest absolute Gasteiger partial charge is 0.191 e. The first-order chi connectivity index (χ1) is 12.9. The Kier molecular flexibility index (Phi) is 4.10. The molecule has 5 rings (SSSR count). The minimum Gasteiger partial charge on any atom is -0.301 e. The molecule has 1 unspecified atom stereocenters. The first kappa shape index (κ1) is 15.8. The fourth-order valence-electron chi connectivity index (χ4n) is 3.10. The van der Waals surface area contributed by atoms with Crippen molar-refractivity contribution in [3.8, 4) is 11.4 Å². The van der Waals surface area contributed by atoms with Gasteiger partial charge in [-0.05, 0) is 24.3 Å². The lowest BCUT2D eigenvalue weighted by molar-refractivity contribution is 0.678. The third kappa shape index (κ3) is 2.87. The molecule has 0 saturated carbocycles. The van der Waals surface area contributed by atoms with E-state index in [0.717, 1.165) is 34.4 Å². The highest BCUT2D eigenvalue weighted by molar-refractivity contribution is 8.03. The maximum atomic E-state index is 4.44. The zero-order valence-electron chi connectivity index (χ0n) is 13.8. The first-order valence-electron chi connectivity index (χ1n) is 8.35. The van der Waals surface area contributed by atoms with Crippen molar-refractivity contribution >= 4 is 34.4 Å². The molecule has 128 valence electrons. The van der Waals surface area contributed by atoms with E-state index < -0.39 is 0 Å². The van der Waals surface area contributed by atoms with E-state index in [9.17, 15) is 0 Å². The predicted octanol–water partition coefficient (Wildman–Crippen LogP) is 4.15. The van der Waals surface area contributed by atoms with E-state index in [1.54, 1.807) is 6.20 Å². The van der Waals surface area contributed by atoms with Crippen molar-refractivity contribution in [2.45, 2.75) is 21.8 Å². The van der Waals surface area contributed by atoms with Gasteiger partial charge in [-0.15, -0.1) is 22.0 Å². The van der Waals surface area contributed by atoms with Crippen LogP contribution in [0.3, 0.4) is 0 Å². The van der Waals surface area contributed by atoms with Crippen LogP contribution in [-0.4, -0.2) is 35.7 Å². The van der Waals surface area contributed by atoms with Crippen LogP contribution in [0, 0.1) is 0 Å².